The summed E-state index contributed by atoms with van der Waals surface area (Å²) in [5.41, 5.74) is 0.762. The van der Waals surface area contributed by atoms with Gasteiger partial charge in [-0.25, -0.2) is 9.98 Å². The van der Waals surface area contributed by atoms with Gasteiger partial charge in [0.05, 0.1) is 26.0 Å². The third-order valence-electron chi connectivity index (χ3n) is 5.32. The van der Waals surface area contributed by atoms with Gasteiger partial charge in [-0.15, -0.1) is 0 Å². The standard InChI is InChI=1S/C21H29F2N5O2/c1-4-25-21(27-9-7-15(2)17(13-27)28-10-8-24-14-28)26-12-16-5-6-18(29-3)19(11-16)30-20(22)23/h5-6,8,10-11,14-15,17,20H,4,7,9,12-13H2,1-3H3,(H,25,26). The topological polar surface area (TPSA) is 63.9 Å². The summed E-state index contributed by atoms with van der Waals surface area (Å²) in [5, 5.41) is 3.35. The van der Waals surface area contributed by atoms with Gasteiger partial charge in [0, 0.05) is 32.0 Å². The van der Waals surface area contributed by atoms with Crippen molar-refractivity contribution in [2.75, 3.05) is 26.7 Å². The Kier molecular flexibility index (Phi) is 7.48. The number of benzene rings is 1. The highest BCUT2D eigenvalue weighted by molar-refractivity contribution is 5.80. The van der Waals surface area contributed by atoms with Gasteiger partial charge >= 0.3 is 6.61 Å². The van der Waals surface area contributed by atoms with Crippen molar-refractivity contribution >= 4 is 5.96 Å². The molecule has 2 aromatic rings. The monoisotopic (exact) mass is 421 g/mol. The predicted molar refractivity (Wildman–Crippen MR) is 111 cm³/mol. The maximum absolute atomic E-state index is 12.7. The van der Waals surface area contributed by atoms with Crippen LogP contribution in [0.5, 0.6) is 11.5 Å². The Morgan fingerprint density at radius 3 is 2.87 bits per heavy atom. The highest BCUT2D eigenvalue weighted by Gasteiger charge is 2.28. The summed E-state index contributed by atoms with van der Waals surface area (Å²) in [6, 6.07) is 5.28. The zero-order chi connectivity index (χ0) is 21.5. The average Bonchev–Trinajstić information content (AvgIpc) is 3.26. The molecule has 0 spiro atoms. The number of aromatic nitrogens is 2. The van der Waals surface area contributed by atoms with Gasteiger partial charge in [-0.2, -0.15) is 8.78 Å². The van der Waals surface area contributed by atoms with Crippen molar-refractivity contribution in [2.24, 2.45) is 10.9 Å². The number of aliphatic imine (C=N–C) groups is 1. The van der Waals surface area contributed by atoms with E-state index in [0.717, 1.165) is 37.6 Å². The zero-order valence-corrected chi connectivity index (χ0v) is 17.6. The van der Waals surface area contributed by atoms with E-state index in [1.165, 1.54) is 7.11 Å². The van der Waals surface area contributed by atoms with Gasteiger partial charge in [0.15, 0.2) is 17.5 Å². The van der Waals surface area contributed by atoms with E-state index in [1.54, 1.807) is 24.4 Å². The van der Waals surface area contributed by atoms with Crippen molar-refractivity contribution in [3.8, 4) is 11.5 Å². The number of rotatable bonds is 7. The number of hydrogen-bond acceptors (Lipinski definition) is 4. The maximum Gasteiger partial charge on any atom is 0.387 e. The molecule has 0 bridgehead atoms. The number of ether oxygens (including phenoxy) is 2. The number of methoxy groups -OCH3 is 1. The molecule has 0 radical (unpaired) electrons. The Morgan fingerprint density at radius 2 is 2.20 bits per heavy atom. The number of likely N-dealkylation sites (tertiary alicyclic amines) is 1. The molecule has 164 valence electrons. The van der Waals surface area contributed by atoms with E-state index in [9.17, 15) is 8.78 Å². The number of alkyl halides is 2. The first-order valence-corrected chi connectivity index (χ1v) is 10.1. The van der Waals surface area contributed by atoms with Crippen LogP contribution < -0.4 is 14.8 Å². The number of nitrogens with one attached hydrogen (secondary N) is 1. The number of guanidine groups is 1. The number of hydrogen-bond donors (Lipinski definition) is 1. The lowest BCUT2D eigenvalue weighted by Gasteiger charge is -2.39. The molecule has 1 aliphatic rings. The first kappa shape index (κ1) is 21.9. The summed E-state index contributed by atoms with van der Waals surface area (Å²) in [4.78, 5) is 11.2. The first-order valence-electron chi connectivity index (χ1n) is 10.1. The summed E-state index contributed by atoms with van der Waals surface area (Å²) < 4.78 is 37.2. The lowest BCUT2D eigenvalue weighted by Crippen LogP contribution is -2.49. The molecular formula is C21H29F2N5O2. The van der Waals surface area contributed by atoms with Crippen LogP contribution in [-0.2, 0) is 6.54 Å². The molecule has 2 heterocycles. The van der Waals surface area contributed by atoms with E-state index in [4.69, 9.17) is 9.73 Å². The Balaban J connectivity index is 1.76. The summed E-state index contributed by atoms with van der Waals surface area (Å²) in [6.07, 6.45) is 6.70. The van der Waals surface area contributed by atoms with Crippen molar-refractivity contribution in [3.05, 3.63) is 42.5 Å². The number of halogens is 2. The Morgan fingerprint density at radius 1 is 1.37 bits per heavy atom. The van der Waals surface area contributed by atoms with Crippen molar-refractivity contribution < 1.29 is 18.3 Å². The fourth-order valence-corrected chi connectivity index (χ4v) is 3.69. The molecule has 1 saturated heterocycles. The van der Waals surface area contributed by atoms with Crippen LogP contribution >= 0.6 is 0 Å². The molecule has 30 heavy (non-hydrogen) atoms. The molecule has 0 aliphatic carbocycles. The lowest BCUT2D eigenvalue weighted by molar-refractivity contribution is -0.0512. The molecule has 7 nitrogen and oxygen atoms in total. The van der Waals surface area contributed by atoms with Crippen molar-refractivity contribution in [2.45, 2.75) is 39.5 Å². The SMILES string of the molecule is CCNC(=NCc1ccc(OC)c(OC(F)F)c1)N1CCC(C)C(n2ccnc2)C1. The second-order valence-electron chi connectivity index (χ2n) is 7.32. The Bertz CT molecular complexity index is 829. The maximum atomic E-state index is 12.7. The quantitative estimate of drug-likeness (QED) is 0.547. The molecule has 1 aromatic heterocycles. The Hall–Kier alpha value is -2.84. The van der Waals surface area contributed by atoms with Gasteiger partial charge in [0.2, 0.25) is 0 Å². The van der Waals surface area contributed by atoms with E-state index in [2.05, 4.69) is 31.4 Å². The molecule has 3 rings (SSSR count). The number of imidazole rings is 1. The van der Waals surface area contributed by atoms with Crippen molar-refractivity contribution in [3.63, 3.8) is 0 Å². The number of nitrogens with zero attached hydrogens (tertiary/aromatic N) is 4. The normalized spacial score (nSPS) is 19.8. The number of piperidine rings is 1. The fourth-order valence-electron chi connectivity index (χ4n) is 3.69. The summed E-state index contributed by atoms with van der Waals surface area (Å²) in [5.74, 6) is 1.62. The average molecular weight is 421 g/mol. The smallest absolute Gasteiger partial charge is 0.387 e. The molecule has 9 heteroatoms. The van der Waals surface area contributed by atoms with Crippen molar-refractivity contribution in [1.29, 1.82) is 0 Å². The first-order chi connectivity index (χ1) is 14.5. The molecule has 0 saturated carbocycles. The van der Waals surface area contributed by atoms with E-state index >= 15 is 0 Å². The second kappa shape index (κ2) is 10.3. The van der Waals surface area contributed by atoms with Crippen LogP contribution in [0.3, 0.4) is 0 Å². The van der Waals surface area contributed by atoms with Crippen LogP contribution in [0.15, 0.2) is 41.9 Å². The second-order valence-corrected chi connectivity index (χ2v) is 7.32. The third-order valence-corrected chi connectivity index (χ3v) is 5.32. The summed E-state index contributed by atoms with van der Waals surface area (Å²) in [7, 11) is 1.42. The van der Waals surface area contributed by atoms with Crippen LogP contribution in [0.1, 0.15) is 31.9 Å². The van der Waals surface area contributed by atoms with E-state index in [0.29, 0.717) is 18.5 Å². The largest absolute Gasteiger partial charge is 0.493 e. The van der Waals surface area contributed by atoms with Crippen LogP contribution in [0.4, 0.5) is 8.78 Å². The van der Waals surface area contributed by atoms with E-state index in [-0.39, 0.29) is 11.5 Å². The van der Waals surface area contributed by atoms with Gasteiger partial charge < -0.3 is 24.3 Å². The van der Waals surface area contributed by atoms with Crippen LogP contribution in [-0.4, -0.2) is 53.8 Å². The van der Waals surface area contributed by atoms with Gasteiger partial charge in [0.1, 0.15) is 0 Å². The molecule has 1 aromatic carbocycles. The molecule has 2 unspecified atom stereocenters. The van der Waals surface area contributed by atoms with Gasteiger partial charge in [-0.3, -0.25) is 0 Å². The van der Waals surface area contributed by atoms with Crippen LogP contribution in [0.2, 0.25) is 0 Å². The fraction of sp³-hybridized carbons (Fsp3) is 0.524. The predicted octanol–water partition coefficient (Wildman–Crippen LogP) is 3.54. The van der Waals surface area contributed by atoms with Crippen LogP contribution in [0, 0.1) is 5.92 Å². The summed E-state index contributed by atoms with van der Waals surface area (Å²) >= 11 is 0. The minimum Gasteiger partial charge on any atom is -0.493 e. The molecule has 1 aliphatic heterocycles. The molecule has 0 amide bonds. The molecular weight excluding hydrogens is 392 g/mol. The molecule has 1 N–H and O–H groups in total. The summed E-state index contributed by atoms with van der Waals surface area (Å²) in [6.45, 7) is 4.18. The Labute approximate surface area is 175 Å². The highest BCUT2D eigenvalue weighted by Crippen LogP contribution is 2.30. The lowest BCUT2D eigenvalue weighted by atomic mass is 9.93. The minimum atomic E-state index is -2.91. The highest BCUT2D eigenvalue weighted by atomic mass is 19.3. The van der Waals surface area contributed by atoms with Gasteiger partial charge in [-0.05, 0) is 37.0 Å². The van der Waals surface area contributed by atoms with E-state index < -0.39 is 6.61 Å². The third kappa shape index (κ3) is 5.40. The minimum absolute atomic E-state index is 0.0113. The molecule has 1 fully saturated rings. The zero-order valence-electron chi connectivity index (χ0n) is 17.6. The van der Waals surface area contributed by atoms with Gasteiger partial charge in [-0.1, -0.05) is 13.0 Å². The van der Waals surface area contributed by atoms with Gasteiger partial charge in [0.25, 0.3) is 0 Å². The van der Waals surface area contributed by atoms with E-state index in [1.807, 2.05) is 19.4 Å². The van der Waals surface area contributed by atoms with Crippen LogP contribution in [0.25, 0.3) is 0 Å². The van der Waals surface area contributed by atoms with Crippen molar-refractivity contribution in [1.82, 2.24) is 19.8 Å². The molecule has 2 atom stereocenters.